The van der Waals surface area contributed by atoms with Crippen LogP contribution in [-0.2, 0) is 10.0 Å². The van der Waals surface area contributed by atoms with Crippen LogP contribution in [0.1, 0.15) is 25.0 Å². The molecule has 0 atom stereocenters. The Labute approximate surface area is 119 Å². The minimum atomic E-state index is -3.58. The van der Waals surface area contributed by atoms with Crippen LogP contribution in [0, 0.1) is 18.3 Å². The number of nitrogens with zero attached hydrogens (tertiary/aromatic N) is 1. The summed E-state index contributed by atoms with van der Waals surface area (Å²) >= 11 is 1.60. The van der Waals surface area contributed by atoms with Gasteiger partial charge in [-0.05, 0) is 44.7 Å². The molecule has 19 heavy (non-hydrogen) atoms. The summed E-state index contributed by atoms with van der Waals surface area (Å²) in [5.41, 5.74) is 0.976. The molecule has 1 aromatic rings. The number of nitriles is 1. The van der Waals surface area contributed by atoms with Crippen molar-refractivity contribution in [3.63, 3.8) is 0 Å². The second kappa shape index (κ2) is 5.95. The molecule has 0 bridgehead atoms. The molecule has 1 rings (SSSR count). The smallest absolute Gasteiger partial charge is 0.210 e. The molecule has 0 spiro atoms. The number of sulfonamides is 1. The summed E-state index contributed by atoms with van der Waals surface area (Å²) in [4.78, 5) is 0.170. The minimum Gasteiger partial charge on any atom is -0.210 e. The number of aryl methyl sites for hydroxylation is 1. The summed E-state index contributed by atoms with van der Waals surface area (Å²) in [6.07, 6.45) is 1.94. The van der Waals surface area contributed by atoms with Gasteiger partial charge in [-0.3, -0.25) is 0 Å². The van der Waals surface area contributed by atoms with Gasteiger partial charge in [-0.25, -0.2) is 13.1 Å². The molecule has 1 aromatic carbocycles. The molecule has 0 radical (unpaired) electrons. The first kappa shape index (κ1) is 16.0. The predicted molar refractivity (Wildman–Crippen MR) is 78.7 cm³/mol. The van der Waals surface area contributed by atoms with Crippen LogP contribution in [0.4, 0.5) is 0 Å². The summed E-state index contributed by atoms with van der Waals surface area (Å²) in [6.45, 7) is 6.00. The van der Waals surface area contributed by atoms with Gasteiger partial charge in [0.2, 0.25) is 10.0 Å². The molecule has 0 fully saturated rings. The molecule has 1 N–H and O–H groups in total. The van der Waals surface area contributed by atoms with Crippen molar-refractivity contribution in [2.24, 2.45) is 0 Å². The maximum atomic E-state index is 12.3. The SMILES string of the molecule is CSC(C)(C)CNS(=O)(=O)c1cc(C#N)ccc1C. The molecule has 4 nitrogen and oxygen atoms in total. The van der Waals surface area contributed by atoms with Crippen LogP contribution in [-0.4, -0.2) is 26.0 Å². The van der Waals surface area contributed by atoms with Crippen LogP contribution in [0.25, 0.3) is 0 Å². The summed E-state index contributed by atoms with van der Waals surface area (Å²) < 4.78 is 26.9. The van der Waals surface area contributed by atoms with Crippen molar-refractivity contribution in [3.8, 4) is 6.07 Å². The zero-order valence-electron chi connectivity index (χ0n) is 11.5. The zero-order valence-corrected chi connectivity index (χ0v) is 13.2. The molecule has 0 saturated heterocycles. The summed E-state index contributed by atoms with van der Waals surface area (Å²) in [5.74, 6) is 0. The highest BCUT2D eigenvalue weighted by Gasteiger charge is 2.22. The van der Waals surface area contributed by atoms with Gasteiger partial charge in [0, 0.05) is 11.3 Å². The topological polar surface area (TPSA) is 70.0 Å². The van der Waals surface area contributed by atoms with Crippen molar-refractivity contribution < 1.29 is 8.42 Å². The largest absolute Gasteiger partial charge is 0.240 e. The normalized spacial score (nSPS) is 12.2. The Morgan fingerprint density at radius 1 is 1.42 bits per heavy atom. The maximum Gasteiger partial charge on any atom is 0.240 e. The molecule has 0 unspecified atom stereocenters. The van der Waals surface area contributed by atoms with E-state index in [1.54, 1.807) is 30.8 Å². The molecule has 104 valence electrons. The fourth-order valence-corrected chi connectivity index (χ4v) is 3.17. The second-order valence-corrected chi connectivity index (χ2v) is 8.13. The lowest BCUT2D eigenvalue weighted by molar-refractivity contribution is 0.570. The Balaban J connectivity index is 3.05. The molecule has 0 amide bonds. The number of hydrogen-bond donors (Lipinski definition) is 1. The van der Waals surface area contributed by atoms with Crippen molar-refractivity contribution in [1.82, 2.24) is 4.72 Å². The van der Waals surface area contributed by atoms with Gasteiger partial charge < -0.3 is 0 Å². The van der Waals surface area contributed by atoms with Gasteiger partial charge in [0.05, 0.1) is 16.5 Å². The Kier molecular flexibility index (Phi) is 5.02. The van der Waals surface area contributed by atoms with Gasteiger partial charge in [-0.1, -0.05) is 6.07 Å². The van der Waals surface area contributed by atoms with Gasteiger partial charge in [0.15, 0.2) is 0 Å². The van der Waals surface area contributed by atoms with Crippen LogP contribution in [0.3, 0.4) is 0 Å². The number of benzene rings is 1. The van der Waals surface area contributed by atoms with Crippen LogP contribution >= 0.6 is 11.8 Å². The zero-order chi connectivity index (χ0) is 14.7. The first-order valence-electron chi connectivity index (χ1n) is 5.77. The highest BCUT2D eigenvalue weighted by atomic mass is 32.2. The average Bonchev–Trinajstić information content (AvgIpc) is 2.37. The van der Waals surface area contributed by atoms with Gasteiger partial charge in [-0.15, -0.1) is 0 Å². The van der Waals surface area contributed by atoms with E-state index in [9.17, 15) is 8.42 Å². The van der Waals surface area contributed by atoms with Crippen LogP contribution in [0.5, 0.6) is 0 Å². The first-order valence-corrected chi connectivity index (χ1v) is 8.48. The third-order valence-electron chi connectivity index (χ3n) is 2.85. The van der Waals surface area contributed by atoms with E-state index in [4.69, 9.17) is 5.26 Å². The highest BCUT2D eigenvalue weighted by molar-refractivity contribution is 8.00. The highest BCUT2D eigenvalue weighted by Crippen LogP contribution is 2.22. The van der Waals surface area contributed by atoms with E-state index in [2.05, 4.69) is 4.72 Å². The first-order chi connectivity index (χ1) is 8.72. The van der Waals surface area contributed by atoms with Gasteiger partial charge >= 0.3 is 0 Å². The van der Waals surface area contributed by atoms with E-state index in [0.717, 1.165) is 0 Å². The molecular weight excluding hydrogens is 280 g/mol. The quantitative estimate of drug-likeness (QED) is 0.905. The van der Waals surface area contributed by atoms with Crippen molar-refractivity contribution >= 4 is 21.8 Å². The maximum absolute atomic E-state index is 12.3. The molecule has 0 heterocycles. The Morgan fingerprint density at radius 3 is 2.58 bits per heavy atom. The average molecular weight is 298 g/mol. The van der Waals surface area contributed by atoms with E-state index in [-0.39, 0.29) is 9.64 Å². The predicted octanol–water partition coefficient (Wildman–Crippen LogP) is 2.29. The second-order valence-electron chi connectivity index (χ2n) is 4.88. The van der Waals surface area contributed by atoms with Gasteiger partial charge in [0.25, 0.3) is 0 Å². The third kappa shape index (κ3) is 4.23. The van der Waals surface area contributed by atoms with E-state index in [1.165, 1.54) is 6.07 Å². The summed E-state index contributed by atoms with van der Waals surface area (Å²) in [5, 5.41) is 8.85. The van der Waals surface area contributed by atoms with Crippen molar-refractivity contribution in [3.05, 3.63) is 29.3 Å². The van der Waals surface area contributed by atoms with E-state index in [0.29, 0.717) is 17.7 Å². The molecule has 0 saturated carbocycles. The number of nitrogens with one attached hydrogen (secondary N) is 1. The molecular formula is C13H18N2O2S2. The molecule has 6 heteroatoms. The Morgan fingerprint density at radius 2 is 2.05 bits per heavy atom. The van der Waals surface area contributed by atoms with E-state index >= 15 is 0 Å². The van der Waals surface area contributed by atoms with E-state index in [1.807, 2.05) is 26.2 Å². The summed E-state index contributed by atoms with van der Waals surface area (Å²) in [6, 6.07) is 6.62. The number of thioether (sulfide) groups is 1. The van der Waals surface area contributed by atoms with Crippen LogP contribution in [0.2, 0.25) is 0 Å². The number of hydrogen-bond acceptors (Lipinski definition) is 4. The lowest BCUT2D eigenvalue weighted by Gasteiger charge is -2.22. The van der Waals surface area contributed by atoms with Crippen molar-refractivity contribution in [1.29, 1.82) is 5.26 Å². The van der Waals surface area contributed by atoms with Crippen LogP contribution in [0.15, 0.2) is 23.1 Å². The standard InChI is InChI=1S/C13H18N2O2S2/c1-10-5-6-11(8-14)7-12(10)19(16,17)15-9-13(2,3)18-4/h5-7,15H,9H2,1-4H3. The molecule has 0 aliphatic rings. The lowest BCUT2D eigenvalue weighted by Crippen LogP contribution is -2.36. The lowest BCUT2D eigenvalue weighted by atomic mass is 10.2. The fourth-order valence-electron chi connectivity index (χ4n) is 1.38. The minimum absolute atomic E-state index is 0.170. The van der Waals surface area contributed by atoms with Gasteiger partial charge in [0.1, 0.15) is 0 Å². The van der Waals surface area contributed by atoms with Crippen molar-refractivity contribution in [2.75, 3.05) is 12.8 Å². The monoisotopic (exact) mass is 298 g/mol. The molecule has 0 aliphatic heterocycles. The fraction of sp³-hybridized carbons (Fsp3) is 0.462. The number of rotatable bonds is 5. The Bertz CT molecular complexity index is 602. The third-order valence-corrected chi connectivity index (χ3v) is 5.64. The molecule has 0 aromatic heterocycles. The summed E-state index contributed by atoms with van der Waals surface area (Å²) in [7, 11) is -3.58. The Hall–Kier alpha value is -1.03. The van der Waals surface area contributed by atoms with Gasteiger partial charge in [-0.2, -0.15) is 17.0 Å². The van der Waals surface area contributed by atoms with Crippen molar-refractivity contribution in [2.45, 2.75) is 30.4 Å². The van der Waals surface area contributed by atoms with Crippen LogP contribution < -0.4 is 4.72 Å². The van der Waals surface area contributed by atoms with E-state index < -0.39 is 10.0 Å². The molecule has 0 aliphatic carbocycles.